The summed E-state index contributed by atoms with van der Waals surface area (Å²) in [4.78, 5) is 46.0. The van der Waals surface area contributed by atoms with Crippen molar-refractivity contribution in [1.82, 2.24) is 19.8 Å². The Balaban J connectivity index is 1.58. The molecule has 0 radical (unpaired) electrons. The van der Waals surface area contributed by atoms with Gasteiger partial charge in [0.2, 0.25) is 0 Å². The molecule has 4 N–H and O–H groups in total. The van der Waals surface area contributed by atoms with Crippen molar-refractivity contribution in [1.29, 1.82) is 0 Å². The van der Waals surface area contributed by atoms with Crippen LogP contribution in [0.15, 0.2) is 41.3 Å². The molecule has 10 nitrogen and oxygen atoms in total. The molecule has 0 spiro atoms. The van der Waals surface area contributed by atoms with Gasteiger partial charge in [0, 0.05) is 37.9 Å². The molecule has 0 bridgehead atoms. The second kappa shape index (κ2) is 11.3. The first-order valence-corrected chi connectivity index (χ1v) is 13.7. The van der Waals surface area contributed by atoms with E-state index in [1.807, 2.05) is 0 Å². The molecule has 40 heavy (non-hydrogen) atoms. The van der Waals surface area contributed by atoms with E-state index in [9.17, 15) is 34.1 Å². The maximum Gasteiger partial charge on any atom is 0.329 e. The fourth-order valence-corrected chi connectivity index (χ4v) is 5.74. The number of nitrogens with zero attached hydrogens (tertiary/aromatic N) is 3. The van der Waals surface area contributed by atoms with Gasteiger partial charge in [0.05, 0.1) is 11.5 Å². The Morgan fingerprint density at radius 1 is 1.05 bits per heavy atom. The highest BCUT2D eigenvalue weighted by Crippen LogP contribution is 2.32. The van der Waals surface area contributed by atoms with Gasteiger partial charge in [0.25, 0.3) is 11.5 Å². The highest BCUT2D eigenvalue weighted by molar-refractivity contribution is 6.04. The van der Waals surface area contributed by atoms with E-state index in [0.29, 0.717) is 56.4 Å². The van der Waals surface area contributed by atoms with E-state index in [0.717, 1.165) is 6.42 Å². The molecule has 2 fully saturated rings. The third-order valence-corrected chi connectivity index (χ3v) is 8.14. The van der Waals surface area contributed by atoms with Gasteiger partial charge in [0.15, 0.2) is 0 Å². The van der Waals surface area contributed by atoms with Crippen molar-refractivity contribution in [3.8, 4) is 16.9 Å². The normalized spacial score (nSPS) is 18.1. The molecule has 1 aliphatic carbocycles. The van der Waals surface area contributed by atoms with E-state index < -0.39 is 40.1 Å². The smallest absolute Gasteiger partial charge is 0.329 e. The number of nitrogens with one attached hydrogen (secondary N) is 1. The van der Waals surface area contributed by atoms with Crippen molar-refractivity contribution in [3.63, 3.8) is 0 Å². The van der Waals surface area contributed by atoms with Crippen LogP contribution in [-0.4, -0.2) is 72.9 Å². The standard InChI is InChI=1S/C29H33FN4O6/c30-20-6-4-18(5-7-20)19-16-22-24(36)23(26(37)32-29(28(39)40)10-2-1-3-11-29)27(38)34(25(22)31-17-19)15-14-33-12-8-21(35)9-13-33/h4-7,16-17,21,35-36H,1-3,8-15H2,(H,32,37)(H,39,40). The van der Waals surface area contributed by atoms with Gasteiger partial charge in [-0.25, -0.2) is 14.2 Å². The summed E-state index contributed by atoms with van der Waals surface area (Å²) in [6.07, 6.45) is 4.96. The molecule has 1 aliphatic heterocycles. The van der Waals surface area contributed by atoms with Gasteiger partial charge in [-0.3, -0.25) is 14.2 Å². The van der Waals surface area contributed by atoms with Gasteiger partial charge < -0.3 is 25.5 Å². The number of carboxylic acid groups (broad SMARTS) is 1. The predicted molar refractivity (Wildman–Crippen MR) is 146 cm³/mol. The summed E-state index contributed by atoms with van der Waals surface area (Å²) >= 11 is 0. The van der Waals surface area contributed by atoms with Crippen molar-refractivity contribution < 1.29 is 29.3 Å². The van der Waals surface area contributed by atoms with Crippen molar-refractivity contribution in [2.75, 3.05) is 19.6 Å². The average molecular weight is 553 g/mol. The Morgan fingerprint density at radius 3 is 2.38 bits per heavy atom. The minimum Gasteiger partial charge on any atom is -0.506 e. The van der Waals surface area contributed by atoms with Gasteiger partial charge in [-0.1, -0.05) is 31.4 Å². The topological polar surface area (TPSA) is 145 Å². The molecule has 1 saturated heterocycles. The lowest BCUT2D eigenvalue weighted by Crippen LogP contribution is -2.56. The summed E-state index contributed by atoms with van der Waals surface area (Å²) in [6.45, 7) is 1.93. The number of aliphatic hydroxyl groups is 1. The van der Waals surface area contributed by atoms with Crippen LogP contribution in [0.3, 0.4) is 0 Å². The molecule has 3 heterocycles. The summed E-state index contributed by atoms with van der Waals surface area (Å²) in [5, 5.41) is 33.8. The molecule has 11 heteroatoms. The number of aliphatic carboxylic acids is 1. The average Bonchev–Trinajstić information content (AvgIpc) is 2.94. The number of carbonyl (C=O) groups is 2. The number of carboxylic acids is 1. The Hall–Kier alpha value is -3.83. The van der Waals surface area contributed by atoms with Crippen molar-refractivity contribution in [3.05, 3.63) is 58.3 Å². The van der Waals surface area contributed by atoms with Crippen molar-refractivity contribution >= 4 is 22.9 Å². The number of fused-ring (bicyclic) bond motifs is 1. The number of pyridine rings is 2. The zero-order valence-electron chi connectivity index (χ0n) is 22.1. The number of benzene rings is 1. The number of aromatic hydroxyl groups is 1. The van der Waals surface area contributed by atoms with E-state index in [4.69, 9.17) is 0 Å². The Kier molecular flexibility index (Phi) is 7.86. The van der Waals surface area contributed by atoms with Crippen molar-refractivity contribution in [2.45, 2.75) is 63.1 Å². The fourth-order valence-electron chi connectivity index (χ4n) is 5.74. The van der Waals surface area contributed by atoms with Crippen LogP contribution >= 0.6 is 0 Å². The molecule has 2 aliphatic rings. The van der Waals surface area contributed by atoms with Gasteiger partial charge in [-0.05, 0) is 49.4 Å². The number of hydrogen-bond acceptors (Lipinski definition) is 7. The number of amides is 1. The summed E-state index contributed by atoms with van der Waals surface area (Å²) in [6, 6.07) is 7.30. The minimum absolute atomic E-state index is 0.147. The van der Waals surface area contributed by atoms with E-state index in [-0.39, 0.29) is 36.5 Å². The number of rotatable bonds is 7. The maximum atomic E-state index is 13.7. The first-order valence-electron chi connectivity index (χ1n) is 13.7. The number of piperidine rings is 1. The lowest BCUT2D eigenvalue weighted by Gasteiger charge is -2.34. The number of aromatic nitrogens is 2. The largest absolute Gasteiger partial charge is 0.506 e. The molecule has 0 unspecified atom stereocenters. The minimum atomic E-state index is -1.52. The first-order chi connectivity index (χ1) is 19.2. The molecular formula is C29H33FN4O6. The van der Waals surface area contributed by atoms with Crippen molar-refractivity contribution in [2.24, 2.45) is 0 Å². The van der Waals surface area contributed by atoms with Crippen LogP contribution in [-0.2, 0) is 11.3 Å². The summed E-state index contributed by atoms with van der Waals surface area (Å²) in [7, 11) is 0. The second-order valence-electron chi connectivity index (χ2n) is 10.8. The molecule has 1 saturated carbocycles. The SMILES string of the molecule is O=C(NC1(C(=O)O)CCCCC1)c1c(O)c2cc(-c3ccc(F)cc3)cnc2n(CCN2CCC(O)CC2)c1=O. The molecule has 2 aromatic heterocycles. The van der Waals surface area contributed by atoms with Crippen LogP contribution < -0.4 is 10.9 Å². The van der Waals surface area contributed by atoms with Crippen LogP contribution in [0.1, 0.15) is 55.3 Å². The summed E-state index contributed by atoms with van der Waals surface area (Å²) < 4.78 is 14.8. The highest BCUT2D eigenvalue weighted by Gasteiger charge is 2.42. The number of carbonyl (C=O) groups excluding carboxylic acids is 1. The first kappa shape index (κ1) is 27.7. The lowest BCUT2D eigenvalue weighted by atomic mass is 9.81. The Bertz CT molecular complexity index is 1470. The molecular weight excluding hydrogens is 519 g/mol. The number of aliphatic hydroxyl groups excluding tert-OH is 1. The van der Waals surface area contributed by atoms with Gasteiger partial charge in [-0.15, -0.1) is 0 Å². The van der Waals surface area contributed by atoms with Crippen LogP contribution in [0.4, 0.5) is 4.39 Å². The van der Waals surface area contributed by atoms with E-state index in [1.165, 1.54) is 22.9 Å². The van der Waals surface area contributed by atoms with Crippen LogP contribution in [0.5, 0.6) is 5.75 Å². The summed E-state index contributed by atoms with van der Waals surface area (Å²) in [5.74, 6) is -3.11. The lowest BCUT2D eigenvalue weighted by molar-refractivity contribution is -0.145. The Morgan fingerprint density at radius 2 is 1.73 bits per heavy atom. The monoisotopic (exact) mass is 552 g/mol. The number of halogens is 1. The molecule has 212 valence electrons. The van der Waals surface area contributed by atoms with Crippen LogP contribution in [0.25, 0.3) is 22.2 Å². The van der Waals surface area contributed by atoms with Crippen LogP contribution in [0, 0.1) is 5.82 Å². The molecule has 1 amide bonds. The molecule has 0 atom stereocenters. The van der Waals surface area contributed by atoms with E-state index in [2.05, 4.69) is 15.2 Å². The quantitative estimate of drug-likeness (QED) is 0.350. The maximum absolute atomic E-state index is 13.7. The van der Waals surface area contributed by atoms with Gasteiger partial charge >= 0.3 is 5.97 Å². The van der Waals surface area contributed by atoms with Gasteiger partial charge in [-0.2, -0.15) is 0 Å². The highest BCUT2D eigenvalue weighted by atomic mass is 19.1. The van der Waals surface area contributed by atoms with Gasteiger partial charge in [0.1, 0.15) is 28.3 Å². The molecule has 1 aromatic carbocycles. The Labute approximate surface area is 230 Å². The molecule has 5 rings (SSSR count). The third-order valence-electron chi connectivity index (χ3n) is 8.14. The zero-order chi connectivity index (χ0) is 28.4. The molecule has 3 aromatic rings. The zero-order valence-corrected chi connectivity index (χ0v) is 22.1. The fraction of sp³-hybridized carbons (Fsp3) is 0.448. The van der Waals surface area contributed by atoms with E-state index >= 15 is 0 Å². The predicted octanol–water partition coefficient (Wildman–Crippen LogP) is 2.88. The van der Waals surface area contributed by atoms with E-state index in [1.54, 1.807) is 18.2 Å². The number of likely N-dealkylation sites (tertiary alicyclic amines) is 1. The second-order valence-corrected chi connectivity index (χ2v) is 10.8. The third kappa shape index (κ3) is 5.44. The van der Waals surface area contributed by atoms with Crippen LogP contribution in [0.2, 0.25) is 0 Å². The summed E-state index contributed by atoms with van der Waals surface area (Å²) in [5.41, 5.74) is -1.48. The number of hydrogen-bond donors (Lipinski definition) is 4.